The van der Waals surface area contributed by atoms with Crippen LogP contribution in [0.15, 0.2) is 55.5 Å². The Morgan fingerprint density at radius 3 is 2.81 bits per heavy atom. The molecule has 8 heteroatoms. The minimum absolute atomic E-state index is 0.228. The molecule has 0 atom stereocenters. The smallest absolute Gasteiger partial charge is 0.253 e. The Morgan fingerprint density at radius 1 is 1.11 bits per heavy atom. The first kappa shape index (κ1) is 16.8. The fraction of sp³-hybridized carbons (Fsp3) is 0.158. The molecule has 4 rings (SSSR count). The first-order chi connectivity index (χ1) is 13.2. The number of pyridine rings is 2. The maximum absolute atomic E-state index is 12.4. The van der Waals surface area contributed by atoms with Crippen molar-refractivity contribution in [1.29, 1.82) is 0 Å². The summed E-state index contributed by atoms with van der Waals surface area (Å²) >= 11 is 0. The minimum atomic E-state index is -0.228. The largest absolute Gasteiger partial charge is 0.346 e. The van der Waals surface area contributed by atoms with Gasteiger partial charge in [-0.15, -0.1) is 0 Å². The number of amides is 1. The van der Waals surface area contributed by atoms with Crippen molar-refractivity contribution in [3.63, 3.8) is 0 Å². The van der Waals surface area contributed by atoms with Crippen LogP contribution >= 0.6 is 0 Å². The molecule has 0 aliphatic carbocycles. The number of aryl methyl sites for hydroxylation is 1. The van der Waals surface area contributed by atoms with Crippen LogP contribution in [0, 0.1) is 6.92 Å². The van der Waals surface area contributed by atoms with Gasteiger partial charge in [-0.3, -0.25) is 19.7 Å². The van der Waals surface area contributed by atoms with Crippen LogP contribution in [0.5, 0.6) is 0 Å². The Balaban J connectivity index is 1.48. The van der Waals surface area contributed by atoms with E-state index in [9.17, 15) is 4.79 Å². The molecule has 4 heterocycles. The lowest BCUT2D eigenvalue weighted by molar-refractivity contribution is 0.0950. The number of imidazole rings is 1. The Kier molecular flexibility index (Phi) is 4.52. The van der Waals surface area contributed by atoms with Crippen molar-refractivity contribution in [2.45, 2.75) is 20.0 Å². The monoisotopic (exact) mass is 359 g/mol. The second kappa shape index (κ2) is 7.28. The lowest BCUT2D eigenvalue weighted by Crippen LogP contribution is -2.23. The van der Waals surface area contributed by atoms with Gasteiger partial charge in [0.15, 0.2) is 5.65 Å². The van der Waals surface area contributed by atoms with Gasteiger partial charge in [-0.25, -0.2) is 9.97 Å². The predicted molar refractivity (Wildman–Crippen MR) is 98.8 cm³/mol. The number of hydrogen-bond acceptors (Lipinski definition) is 6. The molecular formula is C19H17N7O. The Labute approximate surface area is 155 Å². The number of aromatic nitrogens is 6. The fourth-order valence-electron chi connectivity index (χ4n) is 2.66. The van der Waals surface area contributed by atoms with Crippen molar-refractivity contribution < 1.29 is 4.79 Å². The zero-order valence-electron chi connectivity index (χ0n) is 14.7. The summed E-state index contributed by atoms with van der Waals surface area (Å²) in [6.07, 6.45) is 10.1. The SMILES string of the molecule is Cc1cnc(CNC(=O)c2cnc3c(c2)ncn3Cc2cccnc2)cn1. The summed E-state index contributed by atoms with van der Waals surface area (Å²) in [5.41, 5.74) is 4.43. The van der Waals surface area contributed by atoms with Gasteiger partial charge in [-0.05, 0) is 24.6 Å². The molecule has 0 radical (unpaired) electrons. The molecule has 1 N–H and O–H groups in total. The van der Waals surface area contributed by atoms with Crippen LogP contribution in [0.3, 0.4) is 0 Å². The topological polar surface area (TPSA) is 98.5 Å². The van der Waals surface area contributed by atoms with Crippen LogP contribution in [0.2, 0.25) is 0 Å². The van der Waals surface area contributed by atoms with Crippen LogP contribution in [-0.4, -0.2) is 35.4 Å². The van der Waals surface area contributed by atoms with Gasteiger partial charge >= 0.3 is 0 Å². The molecule has 0 fully saturated rings. The average molecular weight is 359 g/mol. The highest BCUT2D eigenvalue weighted by Crippen LogP contribution is 2.14. The van der Waals surface area contributed by atoms with Crippen LogP contribution in [-0.2, 0) is 13.1 Å². The van der Waals surface area contributed by atoms with E-state index in [4.69, 9.17) is 0 Å². The Bertz CT molecular complexity index is 1070. The van der Waals surface area contributed by atoms with E-state index < -0.39 is 0 Å². The first-order valence-electron chi connectivity index (χ1n) is 8.44. The molecule has 4 aromatic rings. The number of carbonyl (C=O) groups is 1. The number of nitrogens with zero attached hydrogens (tertiary/aromatic N) is 6. The van der Waals surface area contributed by atoms with Gasteiger partial charge in [-0.1, -0.05) is 6.07 Å². The second-order valence-electron chi connectivity index (χ2n) is 6.13. The lowest BCUT2D eigenvalue weighted by atomic mass is 10.2. The highest BCUT2D eigenvalue weighted by molar-refractivity contribution is 5.96. The number of hydrogen-bond donors (Lipinski definition) is 1. The van der Waals surface area contributed by atoms with E-state index in [-0.39, 0.29) is 5.91 Å². The van der Waals surface area contributed by atoms with Crippen molar-refractivity contribution in [1.82, 2.24) is 34.8 Å². The molecule has 0 bridgehead atoms. The molecule has 1 amide bonds. The van der Waals surface area contributed by atoms with Crippen LogP contribution < -0.4 is 5.32 Å². The predicted octanol–water partition coefficient (Wildman–Crippen LogP) is 1.90. The molecule has 0 aromatic carbocycles. The molecule has 0 spiro atoms. The average Bonchev–Trinajstić information content (AvgIpc) is 3.10. The summed E-state index contributed by atoms with van der Waals surface area (Å²) in [7, 11) is 0. The molecule has 4 aromatic heterocycles. The number of carbonyl (C=O) groups excluding carboxylic acids is 1. The van der Waals surface area contributed by atoms with Crippen molar-refractivity contribution in [2.24, 2.45) is 0 Å². The van der Waals surface area contributed by atoms with Crippen LogP contribution in [0.25, 0.3) is 11.2 Å². The molecule has 0 aliphatic rings. The van der Waals surface area contributed by atoms with Crippen molar-refractivity contribution in [3.8, 4) is 0 Å². The second-order valence-corrected chi connectivity index (χ2v) is 6.13. The molecule has 0 saturated heterocycles. The van der Waals surface area contributed by atoms with E-state index in [1.807, 2.05) is 29.8 Å². The number of fused-ring (bicyclic) bond motifs is 1. The van der Waals surface area contributed by atoms with Gasteiger partial charge < -0.3 is 9.88 Å². The first-order valence-corrected chi connectivity index (χ1v) is 8.44. The molecular weight excluding hydrogens is 342 g/mol. The van der Waals surface area contributed by atoms with Gasteiger partial charge in [-0.2, -0.15) is 0 Å². The molecule has 0 unspecified atom stereocenters. The number of nitrogens with one attached hydrogen (secondary N) is 1. The van der Waals surface area contributed by atoms with E-state index in [2.05, 4.69) is 30.2 Å². The van der Waals surface area contributed by atoms with Crippen molar-refractivity contribution >= 4 is 17.1 Å². The van der Waals surface area contributed by atoms with E-state index >= 15 is 0 Å². The van der Waals surface area contributed by atoms with E-state index in [0.29, 0.717) is 29.9 Å². The standard InChI is InChI=1S/C19H17N7O/c1-13-6-22-16(9-21-13)10-24-19(27)15-5-17-18(23-8-15)26(12-25-17)11-14-3-2-4-20-7-14/h2-9,12H,10-11H2,1H3,(H,24,27). The van der Waals surface area contributed by atoms with Crippen LogP contribution in [0.4, 0.5) is 0 Å². The third kappa shape index (κ3) is 3.79. The molecule has 0 aliphatic heterocycles. The van der Waals surface area contributed by atoms with E-state index in [1.165, 1.54) is 0 Å². The lowest BCUT2D eigenvalue weighted by Gasteiger charge is -2.06. The minimum Gasteiger partial charge on any atom is -0.346 e. The number of rotatable bonds is 5. The summed E-state index contributed by atoms with van der Waals surface area (Å²) in [6.45, 7) is 2.79. The normalized spacial score (nSPS) is 10.9. The van der Waals surface area contributed by atoms with E-state index in [0.717, 1.165) is 16.9 Å². The zero-order chi connectivity index (χ0) is 18.6. The van der Waals surface area contributed by atoms with Gasteiger partial charge in [0.1, 0.15) is 5.52 Å². The highest BCUT2D eigenvalue weighted by Gasteiger charge is 2.11. The van der Waals surface area contributed by atoms with Crippen LogP contribution in [0.1, 0.15) is 27.3 Å². The summed E-state index contributed by atoms with van der Waals surface area (Å²) in [6, 6.07) is 5.62. The zero-order valence-corrected chi connectivity index (χ0v) is 14.7. The molecule has 27 heavy (non-hydrogen) atoms. The maximum Gasteiger partial charge on any atom is 0.253 e. The Morgan fingerprint density at radius 2 is 2.04 bits per heavy atom. The molecule has 134 valence electrons. The fourth-order valence-corrected chi connectivity index (χ4v) is 2.66. The molecule has 8 nitrogen and oxygen atoms in total. The Hall–Kier alpha value is -3.68. The highest BCUT2D eigenvalue weighted by atomic mass is 16.1. The van der Waals surface area contributed by atoms with Crippen molar-refractivity contribution in [3.05, 3.63) is 78.0 Å². The van der Waals surface area contributed by atoms with E-state index in [1.54, 1.807) is 37.2 Å². The summed E-state index contributed by atoms with van der Waals surface area (Å²) in [5.74, 6) is -0.228. The third-order valence-corrected chi connectivity index (χ3v) is 4.06. The van der Waals surface area contributed by atoms with Gasteiger partial charge in [0.25, 0.3) is 5.91 Å². The van der Waals surface area contributed by atoms with Gasteiger partial charge in [0.05, 0.1) is 42.6 Å². The maximum atomic E-state index is 12.4. The summed E-state index contributed by atoms with van der Waals surface area (Å²) < 4.78 is 1.93. The summed E-state index contributed by atoms with van der Waals surface area (Å²) in [5, 5.41) is 2.82. The van der Waals surface area contributed by atoms with Gasteiger partial charge in [0.2, 0.25) is 0 Å². The van der Waals surface area contributed by atoms with Gasteiger partial charge in [0, 0.05) is 24.8 Å². The third-order valence-electron chi connectivity index (χ3n) is 4.06. The molecule has 0 saturated carbocycles. The quantitative estimate of drug-likeness (QED) is 0.584. The van der Waals surface area contributed by atoms with Crippen molar-refractivity contribution in [2.75, 3.05) is 0 Å². The summed E-state index contributed by atoms with van der Waals surface area (Å²) in [4.78, 5) is 33.7.